The largest absolute Gasteiger partial charge is 0.294 e. The molecule has 4 nitrogen and oxygen atoms in total. The van der Waals surface area contributed by atoms with Gasteiger partial charge in [0.2, 0.25) is 0 Å². The standard InChI is InChI=1S/C6H9N3O/c1-5(2)9-4-8-7-3-6(9)10/h3-5H,1-2H3. The Labute approximate surface area is 58.5 Å². The Balaban J connectivity index is 3.16. The Kier molecular flexibility index (Phi) is 1.80. The first kappa shape index (κ1) is 6.92. The van der Waals surface area contributed by atoms with Gasteiger partial charge >= 0.3 is 0 Å². The topological polar surface area (TPSA) is 47.8 Å². The summed E-state index contributed by atoms with van der Waals surface area (Å²) in [6, 6.07) is 0.156. The lowest BCUT2D eigenvalue weighted by Gasteiger charge is -2.05. The Morgan fingerprint density at radius 1 is 1.50 bits per heavy atom. The lowest BCUT2D eigenvalue weighted by Crippen LogP contribution is -2.21. The molecule has 0 unspecified atom stereocenters. The molecule has 0 bridgehead atoms. The molecule has 1 aromatic heterocycles. The molecule has 0 aliphatic rings. The van der Waals surface area contributed by atoms with E-state index in [1.165, 1.54) is 17.1 Å². The summed E-state index contributed by atoms with van der Waals surface area (Å²) in [5, 5.41) is 7.02. The van der Waals surface area contributed by atoms with E-state index in [0.717, 1.165) is 0 Å². The number of rotatable bonds is 1. The first-order chi connectivity index (χ1) is 4.72. The van der Waals surface area contributed by atoms with Crippen LogP contribution in [0.25, 0.3) is 0 Å². The average molecular weight is 139 g/mol. The monoisotopic (exact) mass is 139 g/mol. The highest BCUT2D eigenvalue weighted by atomic mass is 16.1. The lowest BCUT2D eigenvalue weighted by atomic mass is 10.4. The van der Waals surface area contributed by atoms with Crippen LogP contribution in [0.4, 0.5) is 0 Å². The van der Waals surface area contributed by atoms with E-state index in [2.05, 4.69) is 10.2 Å². The second-order valence-corrected chi connectivity index (χ2v) is 2.31. The maximum Gasteiger partial charge on any atom is 0.272 e. The molecule has 1 aromatic rings. The van der Waals surface area contributed by atoms with Gasteiger partial charge in [-0.2, -0.15) is 5.10 Å². The molecule has 10 heavy (non-hydrogen) atoms. The molecule has 0 atom stereocenters. The first-order valence-corrected chi connectivity index (χ1v) is 3.10. The van der Waals surface area contributed by atoms with Gasteiger partial charge in [-0.1, -0.05) is 0 Å². The summed E-state index contributed by atoms with van der Waals surface area (Å²) in [4.78, 5) is 10.9. The zero-order valence-corrected chi connectivity index (χ0v) is 5.98. The van der Waals surface area contributed by atoms with Crippen molar-refractivity contribution in [3.63, 3.8) is 0 Å². The van der Waals surface area contributed by atoms with Gasteiger partial charge in [-0.05, 0) is 13.8 Å². The molecule has 54 valence electrons. The predicted octanol–water partition coefficient (Wildman–Crippen LogP) is 0.219. The van der Waals surface area contributed by atoms with Crippen molar-refractivity contribution < 1.29 is 0 Å². The number of hydrogen-bond acceptors (Lipinski definition) is 3. The molecule has 1 rings (SSSR count). The SMILES string of the molecule is CC(C)n1cnncc1=O. The van der Waals surface area contributed by atoms with Gasteiger partial charge in [-0.25, -0.2) is 0 Å². The van der Waals surface area contributed by atoms with Gasteiger partial charge in [0.1, 0.15) is 12.5 Å². The van der Waals surface area contributed by atoms with E-state index in [4.69, 9.17) is 0 Å². The summed E-state index contributed by atoms with van der Waals surface area (Å²) < 4.78 is 1.52. The van der Waals surface area contributed by atoms with Crippen molar-refractivity contribution in [3.05, 3.63) is 22.9 Å². The summed E-state index contributed by atoms with van der Waals surface area (Å²) in [5.74, 6) is 0. The van der Waals surface area contributed by atoms with E-state index in [1.54, 1.807) is 0 Å². The van der Waals surface area contributed by atoms with Crippen molar-refractivity contribution in [1.29, 1.82) is 0 Å². The van der Waals surface area contributed by atoms with Crippen molar-refractivity contribution in [2.75, 3.05) is 0 Å². The molecule has 0 saturated heterocycles. The van der Waals surface area contributed by atoms with Crippen LogP contribution in [0, 0.1) is 0 Å². The molecular weight excluding hydrogens is 130 g/mol. The fourth-order valence-electron chi connectivity index (χ4n) is 0.680. The fraction of sp³-hybridized carbons (Fsp3) is 0.500. The first-order valence-electron chi connectivity index (χ1n) is 3.10. The smallest absolute Gasteiger partial charge is 0.272 e. The molecule has 0 saturated carbocycles. The Morgan fingerprint density at radius 3 is 2.60 bits per heavy atom. The zero-order chi connectivity index (χ0) is 7.56. The minimum absolute atomic E-state index is 0.106. The van der Waals surface area contributed by atoms with Crippen LogP contribution in [0.3, 0.4) is 0 Å². The number of aromatic nitrogens is 3. The molecular formula is C6H9N3O. The van der Waals surface area contributed by atoms with Gasteiger partial charge in [0.05, 0.1) is 0 Å². The molecule has 0 aromatic carbocycles. The Morgan fingerprint density at radius 2 is 2.20 bits per heavy atom. The van der Waals surface area contributed by atoms with Crippen LogP contribution in [0.15, 0.2) is 17.3 Å². The summed E-state index contributed by atoms with van der Waals surface area (Å²) >= 11 is 0. The van der Waals surface area contributed by atoms with Crippen molar-refractivity contribution in [3.8, 4) is 0 Å². The van der Waals surface area contributed by atoms with E-state index >= 15 is 0 Å². The number of nitrogens with zero attached hydrogens (tertiary/aromatic N) is 3. The van der Waals surface area contributed by atoms with Crippen LogP contribution in [0.5, 0.6) is 0 Å². The van der Waals surface area contributed by atoms with E-state index in [1.807, 2.05) is 13.8 Å². The normalized spacial score (nSPS) is 10.3. The maximum absolute atomic E-state index is 10.9. The number of hydrogen-bond donors (Lipinski definition) is 0. The van der Waals surface area contributed by atoms with Gasteiger partial charge in [-0.15, -0.1) is 5.10 Å². The molecule has 0 fully saturated rings. The van der Waals surface area contributed by atoms with Gasteiger partial charge in [0, 0.05) is 6.04 Å². The minimum Gasteiger partial charge on any atom is -0.294 e. The van der Waals surface area contributed by atoms with Crippen LogP contribution >= 0.6 is 0 Å². The highest BCUT2D eigenvalue weighted by Crippen LogP contribution is 1.94. The third-order valence-electron chi connectivity index (χ3n) is 1.22. The average Bonchev–Trinajstić information content (AvgIpc) is 1.88. The summed E-state index contributed by atoms with van der Waals surface area (Å²) in [6.07, 6.45) is 2.65. The van der Waals surface area contributed by atoms with Crippen molar-refractivity contribution >= 4 is 0 Å². The maximum atomic E-state index is 10.9. The van der Waals surface area contributed by atoms with Crippen LogP contribution in [0.2, 0.25) is 0 Å². The van der Waals surface area contributed by atoms with Gasteiger partial charge in [0.25, 0.3) is 5.56 Å². The second-order valence-electron chi connectivity index (χ2n) is 2.31. The van der Waals surface area contributed by atoms with Crippen LogP contribution < -0.4 is 5.56 Å². The van der Waals surface area contributed by atoms with E-state index in [-0.39, 0.29) is 11.6 Å². The lowest BCUT2D eigenvalue weighted by molar-refractivity contribution is 0.556. The molecule has 0 radical (unpaired) electrons. The van der Waals surface area contributed by atoms with E-state index in [9.17, 15) is 4.79 Å². The Hall–Kier alpha value is -1.19. The van der Waals surface area contributed by atoms with Crippen molar-refractivity contribution in [1.82, 2.24) is 14.8 Å². The van der Waals surface area contributed by atoms with Crippen LogP contribution in [0.1, 0.15) is 19.9 Å². The van der Waals surface area contributed by atoms with Crippen molar-refractivity contribution in [2.24, 2.45) is 0 Å². The third-order valence-corrected chi connectivity index (χ3v) is 1.22. The molecule has 0 N–H and O–H groups in total. The molecule has 0 aliphatic carbocycles. The highest BCUT2D eigenvalue weighted by molar-refractivity contribution is 4.74. The second kappa shape index (κ2) is 2.60. The van der Waals surface area contributed by atoms with Crippen molar-refractivity contribution in [2.45, 2.75) is 19.9 Å². The van der Waals surface area contributed by atoms with E-state index < -0.39 is 0 Å². The molecule has 0 amide bonds. The summed E-state index contributed by atoms with van der Waals surface area (Å²) in [5.41, 5.74) is -0.106. The summed E-state index contributed by atoms with van der Waals surface area (Å²) in [6.45, 7) is 3.84. The fourth-order valence-corrected chi connectivity index (χ4v) is 0.680. The predicted molar refractivity (Wildman–Crippen MR) is 36.7 cm³/mol. The molecule has 0 spiro atoms. The van der Waals surface area contributed by atoms with Gasteiger partial charge in [0.15, 0.2) is 0 Å². The van der Waals surface area contributed by atoms with Gasteiger partial charge < -0.3 is 0 Å². The molecule has 4 heteroatoms. The third kappa shape index (κ3) is 1.21. The van der Waals surface area contributed by atoms with Crippen LogP contribution in [-0.4, -0.2) is 14.8 Å². The molecule has 1 heterocycles. The zero-order valence-electron chi connectivity index (χ0n) is 5.98. The highest BCUT2D eigenvalue weighted by Gasteiger charge is 1.97. The Bertz CT molecular complexity index is 266. The molecule has 0 aliphatic heterocycles. The van der Waals surface area contributed by atoms with E-state index in [0.29, 0.717) is 0 Å². The van der Waals surface area contributed by atoms with Gasteiger partial charge in [-0.3, -0.25) is 9.36 Å². The summed E-state index contributed by atoms with van der Waals surface area (Å²) in [7, 11) is 0. The minimum atomic E-state index is -0.106. The van der Waals surface area contributed by atoms with Crippen LogP contribution in [-0.2, 0) is 0 Å². The quantitative estimate of drug-likeness (QED) is 0.559.